The van der Waals surface area contributed by atoms with E-state index < -0.39 is 5.91 Å². The van der Waals surface area contributed by atoms with Crippen molar-refractivity contribution in [2.45, 2.75) is 31.7 Å². The van der Waals surface area contributed by atoms with Gasteiger partial charge in [-0.25, -0.2) is 0 Å². The first-order chi connectivity index (χ1) is 11.1. The third-order valence-corrected chi connectivity index (χ3v) is 3.68. The van der Waals surface area contributed by atoms with Crippen molar-refractivity contribution in [1.82, 2.24) is 10.6 Å². The molecule has 0 spiro atoms. The number of carbonyl (C=O) groups excluding carboxylic acids is 3. The average Bonchev–Trinajstić information content (AvgIpc) is 2.55. The molecule has 1 saturated heterocycles. The summed E-state index contributed by atoms with van der Waals surface area (Å²) in [5.41, 5.74) is 6.02. The number of piperidine rings is 1. The van der Waals surface area contributed by atoms with Crippen molar-refractivity contribution in [3.63, 3.8) is 0 Å². The number of halogens is 1. The van der Waals surface area contributed by atoms with Crippen LogP contribution >= 0.6 is 12.4 Å². The Labute approximate surface area is 147 Å². The van der Waals surface area contributed by atoms with Crippen LogP contribution in [0.5, 0.6) is 0 Å². The third kappa shape index (κ3) is 6.17. The Bertz CT molecular complexity index is 588. The van der Waals surface area contributed by atoms with Gasteiger partial charge in [-0.05, 0) is 37.6 Å². The van der Waals surface area contributed by atoms with Gasteiger partial charge in [-0.3, -0.25) is 14.4 Å². The minimum atomic E-state index is -0.466. The summed E-state index contributed by atoms with van der Waals surface area (Å²) in [6.07, 6.45) is 3.03. The quantitative estimate of drug-likeness (QED) is 0.605. The van der Waals surface area contributed by atoms with Gasteiger partial charge in [0.1, 0.15) is 0 Å². The number of hydrogen-bond donors (Lipinski definition) is 4. The Balaban J connectivity index is 0.00000288. The van der Waals surface area contributed by atoms with E-state index in [0.717, 1.165) is 25.8 Å². The molecular weight excluding hydrogens is 332 g/mol. The summed E-state index contributed by atoms with van der Waals surface area (Å²) in [5.74, 6) is -0.861. The van der Waals surface area contributed by atoms with E-state index in [9.17, 15) is 14.4 Å². The van der Waals surface area contributed by atoms with Gasteiger partial charge in [0.25, 0.3) is 5.91 Å². The van der Waals surface area contributed by atoms with Crippen molar-refractivity contribution in [2.75, 3.05) is 18.4 Å². The Morgan fingerprint density at radius 2 is 2.04 bits per heavy atom. The van der Waals surface area contributed by atoms with Crippen LogP contribution in [0.4, 0.5) is 5.69 Å². The van der Waals surface area contributed by atoms with Crippen molar-refractivity contribution < 1.29 is 14.4 Å². The molecular formula is C16H23ClN4O3. The Morgan fingerprint density at radius 1 is 1.25 bits per heavy atom. The van der Waals surface area contributed by atoms with E-state index in [1.807, 2.05) is 0 Å². The van der Waals surface area contributed by atoms with Gasteiger partial charge in [0, 0.05) is 24.2 Å². The van der Waals surface area contributed by atoms with Crippen LogP contribution in [0.25, 0.3) is 0 Å². The molecule has 0 saturated carbocycles. The summed E-state index contributed by atoms with van der Waals surface area (Å²) in [5, 5.41) is 8.61. The van der Waals surface area contributed by atoms with Gasteiger partial charge in [-0.1, -0.05) is 12.5 Å². The molecule has 1 aliphatic heterocycles. The second-order valence-electron chi connectivity index (χ2n) is 5.54. The normalized spacial score (nSPS) is 16.6. The molecule has 1 unspecified atom stereocenters. The third-order valence-electron chi connectivity index (χ3n) is 3.68. The molecule has 0 radical (unpaired) electrons. The zero-order valence-electron chi connectivity index (χ0n) is 13.3. The lowest BCUT2D eigenvalue weighted by atomic mass is 10.0. The van der Waals surface area contributed by atoms with E-state index in [-0.39, 0.29) is 43.2 Å². The van der Waals surface area contributed by atoms with Crippen molar-refractivity contribution >= 4 is 35.8 Å². The van der Waals surface area contributed by atoms with Gasteiger partial charge >= 0.3 is 0 Å². The van der Waals surface area contributed by atoms with Gasteiger partial charge in [0.15, 0.2) is 0 Å². The second-order valence-corrected chi connectivity index (χ2v) is 5.54. The van der Waals surface area contributed by atoms with Crippen LogP contribution in [0.3, 0.4) is 0 Å². The summed E-state index contributed by atoms with van der Waals surface area (Å²) in [6, 6.07) is 6.51. The molecule has 1 aromatic rings. The highest BCUT2D eigenvalue weighted by Crippen LogP contribution is 2.13. The van der Waals surface area contributed by atoms with E-state index in [1.54, 1.807) is 24.3 Å². The lowest BCUT2D eigenvalue weighted by Crippen LogP contribution is -2.43. The number of primary amides is 1. The van der Waals surface area contributed by atoms with Crippen LogP contribution < -0.4 is 21.7 Å². The van der Waals surface area contributed by atoms with Crippen LogP contribution in [0.15, 0.2) is 24.3 Å². The fourth-order valence-electron chi connectivity index (χ4n) is 2.44. The maximum absolute atomic E-state index is 12.2. The molecule has 24 heavy (non-hydrogen) atoms. The molecule has 7 nitrogen and oxygen atoms in total. The molecule has 0 bridgehead atoms. The van der Waals surface area contributed by atoms with Gasteiger partial charge in [-0.2, -0.15) is 0 Å². The second kappa shape index (κ2) is 9.89. The van der Waals surface area contributed by atoms with E-state index in [4.69, 9.17) is 5.73 Å². The molecule has 0 aliphatic carbocycles. The van der Waals surface area contributed by atoms with Crippen LogP contribution in [0.1, 0.15) is 36.0 Å². The minimum Gasteiger partial charge on any atom is -0.370 e. The molecule has 8 heteroatoms. The Kier molecular flexibility index (Phi) is 8.21. The van der Waals surface area contributed by atoms with Crippen LogP contribution in [0, 0.1) is 0 Å². The van der Waals surface area contributed by atoms with Crippen molar-refractivity contribution in [3.8, 4) is 0 Å². The largest absolute Gasteiger partial charge is 0.370 e. The first kappa shape index (κ1) is 19.9. The van der Waals surface area contributed by atoms with E-state index in [1.165, 1.54) is 0 Å². The number of amides is 3. The molecule has 5 N–H and O–H groups in total. The van der Waals surface area contributed by atoms with E-state index in [2.05, 4.69) is 16.0 Å². The monoisotopic (exact) mass is 354 g/mol. The molecule has 1 aliphatic rings. The zero-order valence-corrected chi connectivity index (χ0v) is 14.2. The number of carbonyl (C=O) groups is 3. The molecule has 1 aromatic carbocycles. The standard InChI is InChI=1S/C16H22N4O3.ClH/c17-14(21)7-9-19-15(22)11-4-3-5-12(10-11)20-16(23)13-6-1-2-8-18-13;/h3-5,10,13,18H,1-2,6-9H2,(H2,17,21)(H,19,22)(H,20,23);1H. The molecule has 1 atom stereocenters. The predicted octanol–water partition coefficient (Wildman–Crippen LogP) is 0.794. The number of anilines is 1. The highest BCUT2D eigenvalue weighted by atomic mass is 35.5. The summed E-state index contributed by atoms with van der Waals surface area (Å²) in [4.78, 5) is 34.8. The number of hydrogen-bond acceptors (Lipinski definition) is 4. The summed E-state index contributed by atoms with van der Waals surface area (Å²) in [7, 11) is 0. The van der Waals surface area contributed by atoms with Crippen LogP contribution in [-0.4, -0.2) is 36.9 Å². The number of benzene rings is 1. The lowest BCUT2D eigenvalue weighted by Gasteiger charge is -2.22. The van der Waals surface area contributed by atoms with Crippen molar-refractivity contribution in [3.05, 3.63) is 29.8 Å². The summed E-state index contributed by atoms with van der Waals surface area (Å²) in [6.45, 7) is 1.04. The van der Waals surface area contributed by atoms with Gasteiger partial charge < -0.3 is 21.7 Å². The minimum absolute atomic E-state index is 0. The van der Waals surface area contributed by atoms with Crippen LogP contribution in [0.2, 0.25) is 0 Å². The van der Waals surface area contributed by atoms with E-state index >= 15 is 0 Å². The van der Waals surface area contributed by atoms with Gasteiger partial charge in [0.05, 0.1) is 6.04 Å². The zero-order chi connectivity index (χ0) is 16.7. The maximum Gasteiger partial charge on any atom is 0.251 e. The molecule has 1 fully saturated rings. The molecule has 3 amide bonds. The van der Waals surface area contributed by atoms with Gasteiger partial charge in [0.2, 0.25) is 11.8 Å². The lowest BCUT2D eigenvalue weighted by molar-refractivity contribution is -0.119. The first-order valence-corrected chi connectivity index (χ1v) is 7.77. The molecule has 132 valence electrons. The van der Waals surface area contributed by atoms with E-state index in [0.29, 0.717) is 11.3 Å². The van der Waals surface area contributed by atoms with Crippen LogP contribution in [-0.2, 0) is 9.59 Å². The highest BCUT2D eigenvalue weighted by molar-refractivity contribution is 5.98. The number of nitrogens with one attached hydrogen (secondary N) is 3. The summed E-state index contributed by atoms with van der Waals surface area (Å²) < 4.78 is 0. The average molecular weight is 355 g/mol. The van der Waals surface area contributed by atoms with Crippen molar-refractivity contribution in [1.29, 1.82) is 0 Å². The predicted molar refractivity (Wildman–Crippen MR) is 94.1 cm³/mol. The fraction of sp³-hybridized carbons (Fsp3) is 0.438. The summed E-state index contributed by atoms with van der Waals surface area (Å²) >= 11 is 0. The Morgan fingerprint density at radius 3 is 2.71 bits per heavy atom. The topological polar surface area (TPSA) is 113 Å². The maximum atomic E-state index is 12.2. The SMILES string of the molecule is Cl.NC(=O)CCNC(=O)c1cccc(NC(=O)C2CCCCN2)c1. The van der Waals surface area contributed by atoms with Crippen molar-refractivity contribution in [2.24, 2.45) is 5.73 Å². The fourth-order valence-corrected chi connectivity index (χ4v) is 2.44. The molecule has 1 heterocycles. The molecule has 2 rings (SSSR count). The smallest absolute Gasteiger partial charge is 0.251 e. The van der Waals surface area contributed by atoms with Gasteiger partial charge in [-0.15, -0.1) is 12.4 Å². The molecule has 0 aromatic heterocycles. The highest BCUT2D eigenvalue weighted by Gasteiger charge is 2.20. The first-order valence-electron chi connectivity index (χ1n) is 7.77. The number of nitrogens with two attached hydrogens (primary N) is 1. The Hall–Kier alpha value is -2.12. The number of rotatable bonds is 6.